The number of nitrogens with zero attached hydrogens (tertiary/aromatic N) is 1. The van der Waals surface area contributed by atoms with Crippen LogP contribution in [0.4, 0.5) is 16.2 Å². The Bertz CT molecular complexity index is 686. The zero-order valence-corrected chi connectivity index (χ0v) is 15.4. The smallest absolute Gasteiger partial charge is 0.319 e. The van der Waals surface area contributed by atoms with Gasteiger partial charge in [0.15, 0.2) is 0 Å². The highest BCUT2D eigenvalue weighted by Crippen LogP contribution is 2.28. The minimum atomic E-state index is -0.340. The second-order valence-electron chi connectivity index (χ2n) is 4.80. The van der Waals surface area contributed by atoms with E-state index >= 15 is 0 Å². The van der Waals surface area contributed by atoms with E-state index in [4.69, 9.17) is 46.4 Å². The van der Waals surface area contributed by atoms with Gasteiger partial charge < -0.3 is 16.0 Å². The monoisotopic (exact) mass is 406 g/mol. The molecular formula is C15H14Cl4N4O. The van der Waals surface area contributed by atoms with Gasteiger partial charge in [0, 0.05) is 41.2 Å². The van der Waals surface area contributed by atoms with E-state index in [-0.39, 0.29) is 6.03 Å². The number of carbonyl (C=O) groups excluding carboxylic acids is 1. The van der Waals surface area contributed by atoms with Gasteiger partial charge in [0.1, 0.15) is 0 Å². The molecular weight excluding hydrogens is 394 g/mol. The minimum absolute atomic E-state index is 0.340. The second-order valence-corrected chi connectivity index (χ2v) is 6.48. The van der Waals surface area contributed by atoms with Crippen LogP contribution in [0.2, 0.25) is 20.1 Å². The van der Waals surface area contributed by atoms with E-state index in [1.165, 1.54) is 12.4 Å². The van der Waals surface area contributed by atoms with Crippen molar-refractivity contribution in [3.63, 3.8) is 0 Å². The van der Waals surface area contributed by atoms with Crippen LogP contribution in [-0.2, 0) is 0 Å². The van der Waals surface area contributed by atoms with Crippen molar-refractivity contribution >= 4 is 63.8 Å². The molecule has 2 amide bonds. The molecule has 0 radical (unpaired) electrons. The van der Waals surface area contributed by atoms with Crippen molar-refractivity contribution in [3.8, 4) is 0 Å². The largest absolute Gasteiger partial charge is 0.382 e. The molecule has 0 aliphatic rings. The molecule has 9 heteroatoms. The van der Waals surface area contributed by atoms with E-state index in [1.807, 2.05) is 0 Å². The molecule has 0 bridgehead atoms. The highest BCUT2D eigenvalue weighted by molar-refractivity contribution is 6.38. The molecule has 0 fully saturated rings. The van der Waals surface area contributed by atoms with Crippen LogP contribution < -0.4 is 16.0 Å². The molecule has 1 aromatic carbocycles. The number of benzene rings is 1. The summed E-state index contributed by atoms with van der Waals surface area (Å²) in [5.74, 6) is 0. The molecule has 2 rings (SSSR count). The number of urea groups is 1. The SMILES string of the molecule is O=C(NCCCNc1c(Cl)cncc1Cl)Nc1cc(Cl)cc(Cl)c1. The summed E-state index contributed by atoms with van der Waals surface area (Å²) in [6.07, 6.45) is 3.70. The summed E-state index contributed by atoms with van der Waals surface area (Å²) in [6.45, 7) is 1.06. The first kappa shape index (κ1) is 18.9. The van der Waals surface area contributed by atoms with Crippen LogP contribution >= 0.6 is 46.4 Å². The summed E-state index contributed by atoms with van der Waals surface area (Å²) >= 11 is 23.7. The number of carbonyl (C=O) groups is 1. The molecule has 0 aliphatic heterocycles. The summed E-state index contributed by atoms with van der Waals surface area (Å²) in [5, 5.41) is 10.3. The fourth-order valence-electron chi connectivity index (χ4n) is 1.89. The maximum atomic E-state index is 11.8. The maximum absolute atomic E-state index is 11.8. The molecule has 0 aliphatic carbocycles. The van der Waals surface area contributed by atoms with E-state index in [2.05, 4.69) is 20.9 Å². The number of aromatic nitrogens is 1. The molecule has 0 atom stereocenters. The van der Waals surface area contributed by atoms with Gasteiger partial charge in [-0.3, -0.25) is 4.98 Å². The van der Waals surface area contributed by atoms with Crippen molar-refractivity contribution in [2.45, 2.75) is 6.42 Å². The van der Waals surface area contributed by atoms with Gasteiger partial charge in [-0.05, 0) is 24.6 Å². The topological polar surface area (TPSA) is 66.0 Å². The third kappa shape index (κ3) is 5.91. The van der Waals surface area contributed by atoms with Crippen LogP contribution in [-0.4, -0.2) is 24.1 Å². The Kier molecular flexibility index (Phi) is 7.24. The lowest BCUT2D eigenvalue weighted by Crippen LogP contribution is -2.30. The summed E-state index contributed by atoms with van der Waals surface area (Å²) in [4.78, 5) is 15.7. The Balaban J connectivity index is 1.71. The Morgan fingerprint density at radius 3 is 2.21 bits per heavy atom. The number of hydrogen-bond acceptors (Lipinski definition) is 3. The van der Waals surface area contributed by atoms with Crippen molar-refractivity contribution in [1.82, 2.24) is 10.3 Å². The number of nitrogens with one attached hydrogen (secondary N) is 3. The zero-order valence-electron chi connectivity index (χ0n) is 12.4. The van der Waals surface area contributed by atoms with Gasteiger partial charge in [-0.15, -0.1) is 0 Å². The normalized spacial score (nSPS) is 10.3. The molecule has 0 saturated heterocycles. The molecule has 0 spiro atoms. The Morgan fingerprint density at radius 2 is 1.58 bits per heavy atom. The Hall–Kier alpha value is -1.40. The van der Waals surface area contributed by atoms with Crippen LogP contribution in [0.25, 0.3) is 0 Å². The van der Waals surface area contributed by atoms with E-state index in [0.717, 1.165) is 0 Å². The van der Waals surface area contributed by atoms with Crippen LogP contribution in [0.5, 0.6) is 0 Å². The average molecular weight is 408 g/mol. The first-order chi connectivity index (χ1) is 11.5. The second kappa shape index (κ2) is 9.18. The Morgan fingerprint density at radius 1 is 0.958 bits per heavy atom. The minimum Gasteiger partial charge on any atom is -0.382 e. The molecule has 128 valence electrons. The number of anilines is 2. The third-order valence-electron chi connectivity index (χ3n) is 2.91. The van der Waals surface area contributed by atoms with Crippen molar-refractivity contribution < 1.29 is 4.79 Å². The fourth-order valence-corrected chi connectivity index (χ4v) is 2.91. The van der Waals surface area contributed by atoms with Gasteiger partial charge in [-0.1, -0.05) is 46.4 Å². The first-order valence-corrected chi connectivity index (χ1v) is 8.50. The molecule has 3 N–H and O–H groups in total. The van der Waals surface area contributed by atoms with Crippen LogP contribution in [0, 0.1) is 0 Å². The summed E-state index contributed by atoms with van der Waals surface area (Å²) in [6, 6.07) is 4.48. The number of hydrogen-bond donors (Lipinski definition) is 3. The predicted molar refractivity (Wildman–Crippen MR) is 101 cm³/mol. The van der Waals surface area contributed by atoms with Gasteiger partial charge in [-0.2, -0.15) is 0 Å². The number of rotatable bonds is 6. The summed E-state index contributed by atoms with van der Waals surface area (Å²) in [7, 11) is 0. The fraction of sp³-hybridized carbons (Fsp3) is 0.200. The van der Waals surface area contributed by atoms with Crippen molar-refractivity contribution in [2.24, 2.45) is 0 Å². The molecule has 1 aromatic heterocycles. The van der Waals surface area contributed by atoms with E-state index in [0.29, 0.717) is 51.0 Å². The third-order valence-corrected chi connectivity index (χ3v) is 3.92. The van der Waals surface area contributed by atoms with Crippen LogP contribution in [0.1, 0.15) is 6.42 Å². The van der Waals surface area contributed by atoms with Crippen molar-refractivity contribution in [3.05, 3.63) is 50.7 Å². The number of halogens is 4. The highest BCUT2D eigenvalue weighted by Gasteiger charge is 2.06. The van der Waals surface area contributed by atoms with Gasteiger partial charge in [-0.25, -0.2) is 4.79 Å². The molecule has 1 heterocycles. The zero-order chi connectivity index (χ0) is 17.5. The van der Waals surface area contributed by atoms with Gasteiger partial charge in [0.25, 0.3) is 0 Å². The predicted octanol–water partition coefficient (Wildman–Crippen LogP) is 5.32. The molecule has 2 aromatic rings. The van der Waals surface area contributed by atoms with Crippen molar-refractivity contribution in [2.75, 3.05) is 23.7 Å². The van der Waals surface area contributed by atoms with Gasteiger partial charge >= 0.3 is 6.03 Å². The molecule has 0 saturated carbocycles. The quantitative estimate of drug-likeness (QED) is 0.567. The van der Waals surface area contributed by atoms with E-state index in [1.54, 1.807) is 18.2 Å². The highest BCUT2D eigenvalue weighted by atomic mass is 35.5. The van der Waals surface area contributed by atoms with Gasteiger partial charge in [0.2, 0.25) is 0 Å². The summed E-state index contributed by atoms with van der Waals surface area (Å²) < 4.78 is 0. The number of pyridine rings is 1. The lowest BCUT2D eigenvalue weighted by Gasteiger charge is -2.11. The summed E-state index contributed by atoms with van der Waals surface area (Å²) in [5.41, 5.74) is 1.16. The van der Waals surface area contributed by atoms with Crippen molar-refractivity contribution in [1.29, 1.82) is 0 Å². The van der Waals surface area contributed by atoms with E-state index < -0.39 is 0 Å². The lowest BCUT2D eigenvalue weighted by molar-refractivity contribution is 0.252. The molecule has 24 heavy (non-hydrogen) atoms. The van der Waals surface area contributed by atoms with Crippen LogP contribution in [0.3, 0.4) is 0 Å². The lowest BCUT2D eigenvalue weighted by atomic mass is 10.3. The Labute approximate surface area is 159 Å². The number of amides is 2. The average Bonchev–Trinajstić information content (AvgIpc) is 2.48. The maximum Gasteiger partial charge on any atom is 0.319 e. The standard InChI is InChI=1S/C15H14Cl4N4O/c16-9-4-10(17)6-11(5-9)23-15(24)22-3-1-2-21-14-12(18)7-20-8-13(14)19/h4-8H,1-3H2,(H,20,21)(H2,22,23,24). The van der Waals surface area contributed by atoms with Gasteiger partial charge in [0.05, 0.1) is 15.7 Å². The first-order valence-electron chi connectivity index (χ1n) is 6.99. The molecule has 5 nitrogen and oxygen atoms in total. The van der Waals surface area contributed by atoms with E-state index in [9.17, 15) is 4.79 Å². The van der Waals surface area contributed by atoms with Crippen LogP contribution in [0.15, 0.2) is 30.6 Å². The molecule has 0 unspecified atom stereocenters.